The number of Topliss-reactive ketones (excluding diaryl/α,β-unsaturated/α-hetero) is 2. The van der Waals surface area contributed by atoms with Gasteiger partial charge < -0.3 is 9.59 Å². The van der Waals surface area contributed by atoms with Gasteiger partial charge >= 0.3 is 0 Å². The molecule has 0 N–H and O–H groups in total. The van der Waals surface area contributed by atoms with Crippen LogP contribution in [-0.2, 0) is 16.0 Å². The molecule has 0 atom stereocenters. The topological polar surface area (TPSA) is 34.1 Å². The lowest BCUT2D eigenvalue weighted by Gasteiger charge is -2.06. The van der Waals surface area contributed by atoms with Gasteiger partial charge in [-0.15, -0.1) is 0 Å². The number of aryl methyl sites for hydroxylation is 1. The Kier molecular flexibility index (Phi) is 5.50. The highest BCUT2D eigenvalue weighted by Gasteiger charge is 2.02. The molecule has 0 aliphatic rings. The van der Waals surface area contributed by atoms with Gasteiger partial charge in [-0.25, -0.2) is 0 Å². The number of rotatable bonds is 7. The minimum absolute atomic E-state index is 0.189. The molecule has 18 heavy (non-hydrogen) atoms. The SMILES string of the molecule is C=C(CCC(C)=O)c1ccc(CCC(C)=O)cc1. The van der Waals surface area contributed by atoms with Gasteiger partial charge in [0.1, 0.15) is 11.6 Å². The number of allylic oxidation sites excluding steroid dienone is 1. The highest BCUT2D eigenvalue weighted by Crippen LogP contribution is 2.19. The van der Waals surface area contributed by atoms with Gasteiger partial charge in [-0.3, -0.25) is 0 Å². The number of hydrogen-bond acceptors (Lipinski definition) is 2. The van der Waals surface area contributed by atoms with E-state index in [1.54, 1.807) is 13.8 Å². The summed E-state index contributed by atoms with van der Waals surface area (Å²) in [5.74, 6) is 0.402. The van der Waals surface area contributed by atoms with Crippen LogP contribution in [0.15, 0.2) is 30.8 Å². The Morgan fingerprint density at radius 1 is 0.944 bits per heavy atom. The molecule has 0 aliphatic carbocycles. The first-order valence-electron chi connectivity index (χ1n) is 6.25. The van der Waals surface area contributed by atoms with Crippen molar-refractivity contribution in [2.45, 2.75) is 39.5 Å². The van der Waals surface area contributed by atoms with Crippen LogP contribution in [0.2, 0.25) is 0 Å². The Labute approximate surface area is 109 Å². The number of hydrogen-bond donors (Lipinski definition) is 0. The summed E-state index contributed by atoms with van der Waals surface area (Å²) in [6.45, 7) is 7.20. The van der Waals surface area contributed by atoms with Gasteiger partial charge in [0, 0.05) is 12.8 Å². The van der Waals surface area contributed by atoms with E-state index in [-0.39, 0.29) is 11.6 Å². The van der Waals surface area contributed by atoms with E-state index in [9.17, 15) is 9.59 Å². The van der Waals surface area contributed by atoms with E-state index in [4.69, 9.17) is 0 Å². The van der Waals surface area contributed by atoms with Crippen molar-refractivity contribution in [1.29, 1.82) is 0 Å². The molecule has 2 nitrogen and oxygen atoms in total. The zero-order valence-electron chi connectivity index (χ0n) is 11.2. The molecule has 1 rings (SSSR count). The Hall–Kier alpha value is -1.70. The normalized spacial score (nSPS) is 10.1. The van der Waals surface area contributed by atoms with Crippen molar-refractivity contribution < 1.29 is 9.59 Å². The fourth-order valence-electron chi connectivity index (χ4n) is 1.70. The summed E-state index contributed by atoms with van der Waals surface area (Å²) in [5.41, 5.74) is 3.22. The Morgan fingerprint density at radius 2 is 1.50 bits per heavy atom. The largest absolute Gasteiger partial charge is 0.300 e. The maximum atomic E-state index is 10.9. The Morgan fingerprint density at radius 3 is 2.00 bits per heavy atom. The summed E-state index contributed by atoms with van der Waals surface area (Å²) in [7, 11) is 0. The first-order chi connectivity index (χ1) is 8.49. The van der Waals surface area contributed by atoms with Crippen molar-refractivity contribution in [2.75, 3.05) is 0 Å². The van der Waals surface area contributed by atoms with Crippen LogP contribution < -0.4 is 0 Å². The second kappa shape index (κ2) is 6.90. The van der Waals surface area contributed by atoms with Crippen LogP contribution in [0.4, 0.5) is 0 Å². The van der Waals surface area contributed by atoms with Crippen molar-refractivity contribution >= 4 is 17.1 Å². The molecule has 0 aliphatic heterocycles. The predicted molar refractivity (Wildman–Crippen MR) is 74.4 cm³/mol. The second-order valence-corrected chi connectivity index (χ2v) is 4.70. The maximum Gasteiger partial charge on any atom is 0.130 e. The van der Waals surface area contributed by atoms with Crippen LogP contribution in [0.25, 0.3) is 5.57 Å². The second-order valence-electron chi connectivity index (χ2n) is 4.70. The van der Waals surface area contributed by atoms with Crippen molar-refractivity contribution in [3.05, 3.63) is 42.0 Å². The molecule has 0 radical (unpaired) electrons. The molecule has 0 aromatic heterocycles. The van der Waals surface area contributed by atoms with Crippen molar-refractivity contribution in [1.82, 2.24) is 0 Å². The molecule has 0 amide bonds. The lowest BCUT2D eigenvalue weighted by molar-refractivity contribution is -0.117. The van der Waals surface area contributed by atoms with E-state index >= 15 is 0 Å². The summed E-state index contributed by atoms with van der Waals surface area (Å²) < 4.78 is 0. The highest BCUT2D eigenvalue weighted by molar-refractivity contribution is 5.78. The van der Waals surface area contributed by atoms with Crippen molar-refractivity contribution in [3.63, 3.8) is 0 Å². The van der Waals surface area contributed by atoms with Gasteiger partial charge in [-0.2, -0.15) is 0 Å². The predicted octanol–water partition coefficient (Wildman–Crippen LogP) is 3.59. The Bertz CT molecular complexity index is 441. The average Bonchev–Trinajstić information content (AvgIpc) is 2.34. The molecule has 1 aromatic carbocycles. The van der Waals surface area contributed by atoms with Crippen LogP contribution in [0, 0.1) is 0 Å². The lowest BCUT2D eigenvalue weighted by Crippen LogP contribution is -1.95. The molecule has 96 valence electrons. The van der Waals surface area contributed by atoms with Crippen molar-refractivity contribution in [2.24, 2.45) is 0 Å². The molecular weight excluding hydrogens is 224 g/mol. The summed E-state index contributed by atoms with van der Waals surface area (Å²) in [5, 5.41) is 0. The van der Waals surface area contributed by atoms with Gasteiger partial charge in [0.2, 0.25) is 0 Å². The van der Waals surface area contributed by atoms with Gasteiger partial charge in [0.15, 0.2) is 0 Å². The lowest BCUT2D eigenvalue weighted by atomic mass is 9.99. The summed E-state index contributed by atoms with van der Waals surface area (Å²) in [6, 6.07) is 8.07. The van der Waals surface area contributed by atoms with Crippen LogP contribution in [0.5, 0.6) is 0 Å². The molecule has 0 fully saturated rings. The fraction of sp³-hybridized carbons (Fsp3) is 0.375. The molecule has 1 aromatic rings. The summed E-state index contributed by atoms with van der Waals surface area (Å²) in [6.07, 6.45) is 2.63. The van der Waals surface area contributed by atoms with E-state index < -0.39 is 0 Å². The summed E-state index contributed by atoms with van der Waals surface area (Å²) >= 11 is 0. The van der Waals surface area contributed by atoms with Crippen LogP contribution in [0.3, 0.4) is 0 Å². The number of carbonyl (C=O) groups excluding carboxylic acids is 2. The molecule has 0 heterocycles. The van der Waals surface area contributed by atoms with E-state index in [1.165, 1.54) is 0 Å². The first kappa shape index (κ1) is 14.4. The third-order valence-corrected chi connectivity index (χ3v) is 2.91. The maximum absolute atomic E-state index is 10.9. The third-order valence-electron chi connectivity index (χ3n) is 2.91. The zero-order valence-corrected chi connectivity index (χ0v) is 11.2. The number of benzene rings is 1. The molecule has 0 saturated heterocycles. The minimum Gasteiger partial charge on any atom is -0.300 e. The van der Waals surface area contributed by atoms with E-state index in [2.05, 4.69) is 6.58 Å². The quantitative estimate of drug-likeness (QED) is 0.734. The monoisotopic (exact) mass is 244 g/mol. The highest BCUT2D eigenvalue weighted by atomic mass is 16.1. The van der Waals surface area contributed by atoms with Gasteiger partial charge in [-0.1, -0.05) is 30.8 Å². The van der Waals surface area contributed by atoms with Crippen LogP contribution in [0.1, 0.15) is 44.2 Å². The van der Waals surface area contributed by atoms with E-state index in [0.29, 0.717) is 19.3 Å². The molecule has 2 heteroatoms. The first-order valence-corrected chi connectivity index (χ1v) is 6.25. The zero-order chi connectivity index (χ0) is 13.5. The smallest absolute Gasteiger partial charge is 0.130 e. The minimum atomic E-state index is 0.189. The van der Waals surface area contributed by atoms with Gasteiger partial charge in [0.25, 0.3) is 0 Å². The molecule has 0 unspecified atom stereocenters. The molecule has 0 bridgehead atoms. The van der Waals surface area contributed by atoms with Gasteiger partial charge in [0.05, 0.1) is 0 Å². The molecule has 0 spiro atoms. The van der Waals surface area contributed by atoms with Gasteiger partial charge in [-0.05, 0) is 43.4 Å². The van der Waals surface area contributed by atoms with E-state index in [1.807, 2.05) is 24.3 Å². The van der Waals surface area contributed by atoms with Crippen LogP contribution in [-0.4, -0.2) is 11.6 Å². The van der Waals surface area contributed by atoms with Crippen LogP contribution >= 0.6 is 0 Å². The summed E-state index contributed by atoms with van der Waals surface area (Å²) in [4.78, 5) is 21.8. The van der Waals surface area contributed by atoms with Crippen molar-refractivity contribution in [3.8, 4) is 0 Å². The standard InChI is InChI=1S/C16H20O2/c1-12(4-5-13(2)17)16-10-8-15(9-11-16)7-6-14(3)18/h8-11H,1,4-7H2,2-3H3. The number of carbonyl (C=O) groups is 2. The third kappa shape index (κ3) is 5.09. The fourth-order valence-corrected chi connectivity index (χ4v) is 1.70. The Balaban J connectivity index is 2.56. The molecular formula is C16H20O2. The van der Waals surface area contributed by atoms with E-state index in [0.717, 1.165) is 23.1 Å². The molecule has 0 saturated carbocycles. The number of ketones is 2. The average molecular weight is 244 g/mol.